The maximum absolute atomic E-state index is 13.2. The number of hydrogen-bond donors (Lipinski definition) is 0. The quantitative estimate of drug-likeness (QED) is 0.656. The third-order valence-corrected chi connectivity index (χ3v) is 5.71. The van der Waals surface area contributed by atoms with Crippen LogP contribution >= 0.6 is 15.9 Å². The van der Waals surface area contributed by atoms with Crippen LogP contribution in [0.2, 0.25) is 0 Å². The molecule has 1 aliphatic rings. The molecule has 0 unspecified atom stereocenters. The molecular formula is C22H33BrN2O3. The zero-order valence-electron chi connectivity index (χ0n) is 17.9. The largest absolute Gasteiger partial charge is 0.444 e. The Morgan fingerprint density at radius 1 is 1.18 bits per heavy atom. The van der Waals surface area contributed by atoms with Crippen molar-refractivity contribution in [2.24, 2.45) is 5.92 Å². The monoisotopic (exact) mass is 452 g/mol. The minimum atomic E-state index is -0.566. The highest BCUT2D eigenvalue weighted by Crippen LogP contribution is 2.30. The van der Waals surface area contributed by atoms with Crippen LogP contribution in [0.15, 0.2) is 28.7 Å². The average molecular weight is 453 g/mol. The van der Waals surface area contributed by atoms with Crippen LogP contribution in [0.5, 0.6) is 0 Å². The van der Waals surface area contributed by atoms with Crippen molar-refractivity contribution in [2.45, 2.75) is 58.5 Å². The van der Waals surface area contributed by atoms with Crippen LogP contribution in [-0.4, -0.2) is 54.1 Å². The fourth-order valence-electron chi connectivity index (χ4n) is 3.52. The molecule has 0 aromatic heterocycles. The van der Waals surface area contributed by atoms with Gasteiger partial charge >= 0.3 is 6.09 Å². The van der Waals surface area contributed by atoms with Crippen LogP contribution < -0.4 is 0 Å². The molecule has 2 rings (SSSR count). The Kier molecular flexibility index (Phi) is 7.18. The summed E-state index contributed by atoms with van der Waals surface area (Å²) < 4.78 is 6.40. The normalized spacial score (nSPS) is 16.0. The standard InChI is InChI=1S/C22H33BrN2O3/c1-21(2,3)28-20(27)24(6)15-16-10-12-25(13-11-16)19(26)22(4,5)17-8-7-9-18(23)14-17/h7-9,14,16H,10-13,15H2,1-6H3. The first-order valence-corrected chi connectivity index (χ1v) is 10.7. The van der Waals surface area contributed by atoms with Gasteiger partial charge in [0.15, 0.2) is 0 Å². The Hall–Kier alpha value is -1.56. The molecule has 2 amide bonds. The lowest BCUT2D eigenvalue weighted by Gasteiger charge is -2.38. The number of carbonyl (C=O) groups is 2. The van der Waals surface area contributed by atoms with Crippen molar-refractivity contribution in [2.75, 3.05) is 26.7 Å². The lowest BCUT2D eigenvalue weighted by Crippen LogP contribution is -2.48. The molecule has 1 aromatic carbocycles. The van der Waals surface area contributed by atoms with Gasteiger partial charge in [-0.1, -0.05) is 28.1 Å². The fourth-order valence-corrected chi connectivity index (χ4v) is 3.92. The number of benzene rings is 1. The van der Waals surface area contributed by atoms with Crippen molar-refractivity contribution < 1.29 is 14.3 Å². The number of nitrogens with zero attached hydrogens (tertiary/aromatic N) is 2. The van der Waals surface area contributed by atoms with Gasteiger partial charge < -0.3 is 14.5 Å². The lowest BCUT2D eigenvalue weighted by atomic mass is 9.82. The first-order chi connectivity index (χ1) is 12.9. The van der Waals surface area contributed by atoms with E-state index in [1.165, 1.54) is 0 Å². The molecule has 0 saturated carbocycles. The maximum Gasteiger partial charge on any atom is 0.410 e. The molecule has 1 fully saturated rings. The minimum Gasteiger partial charge on any atom is -0.444 e. The Bertz CT molecular complexity index is 704. The molecule has 0 N–H and O–H groups in total. The van der Waals surface area contributed by atoms with Crippen LogP contribution in [0.4, 0.5) is 4.79 Å². The zero-order valence-corrected chi connectivity index (χ0v) is 19.5. The summed E-state index contributed by atoms with van der Waals surface area (Å²) in [4.78, 5) is 28.9. The first kappa shape index (κ1) is 22.7. The second kappa shape index (κ2) is 8.85. The summed E-state index contributed by atoms with van der Waals surface area (Å²) in [5, 5.41) is 0. The molecule has 1 aromatic rings. The summed E-state index contributed by atoms with van der Waals surface area (Å²) in [5.74, 6) is 0.542. The van der Waals surface area contributed by atoms with Gasteiger partial charge in [0.2, 0.25) is 5.91 Å². The van der Waals surface area contributed by atoms with Gasteiger partial charge in [0.25, 0.3) is 0 Å². The molecule has 0 bridgehead atoms. The summed E-state index contributed by atoms with van der Waals surface area (Å²) in [7, 11) is 1.78. The molecule has 0 spiro atoms. The Labute approximate surface area is 177 Å². The molecule has 1 heterocycles. The van der Waals surface area contributed by atoms with Gasteiger partial charge in [-0.25, -0.2) is 4.79 Å². The number of piperidine rings is 1. The number of carbonyl (C=O) groups excluding carboxylic acids is 2. The lowest BCUT2D eigenvalue weighted by molar-refractivity contribution is -0.137. The molecule has 1 aliphatic heterocycles. The van der Waals surface area contributed by atoms with Crippen LogP contribution in [0.3, 0.4) is 0 Å². The van der Waals surface area contributed by atoms with E-state index in [2.05, 4.69) is 15.9 Å². The fraction of sp³-hybridized carbons (Fsp3) is 0.636. The van der Waals surface area contributed by atoms with Crippen molar-refractivity contribution in [3.8, 4) is 0 Å². The number of amides is 2. The zero-order chi connectivity index (χ0) is 21.1. The van der Waals surface area contributed by atoms with Gasteiger partial charge in [0.05, 0.1) is 5.41 Å². The number of ether oxygens (including phenoxy) is 1. The molecule has 0 atom stereocenters. The van der Waals surface area contributed by atoms with Gasteiger partial charge in [-0.3, -0.25) is 4.79 Å². The SMILES string of the molecule is CN(CC1CCN(C(=O)C(C)(C)c2cccc(Br)c2)CC1)C(=O)OC(C)(C)C. The highest BCUT2D eigenvalue weighted by Gasteiger charge is 2.36. The van der Waals surface area contributed by atoms with Crippen LogP contribution in [0, 0.1) is 5.92 Å². The number of hydrogen-bond acceptors (Lipinski definition) is 3. The molecule has 0 aliphatic carbocycles. The van der Waals surface area contributed by atoms with Crippen LogP contribution in [0.1, 0.15) is 53.0 Å². The van der Waals surface area contributed by atoms with Gasteiger partial charge in [-0.2, -0.15) is 0 Å². The van der Waals surface area contributed by atoms with Crippen molar-refractivity contribution >= 4 is 27.9 Å². The Balaban J connectivity index is 1.91. The van der Waals surface area contributed by atoms with Gasteiger partial charge in [0.1, 0.15) is 5.60 Å². The Morgan fingerprint density at radius 2 is 1.79 bits per heavy atom. The minimum absolute atomic E-state index is 0.157. The Morgan fingerprint density at radius 3 is 2.32 bits per heavy atom. The smallest absolute Gasteiger partial charge is 0.410 e. The van der Waals surface area contributed by atoms with E-state index >= 15 is 0 Å². The second-order valence-corrected chi connectivity index (χ2v) is 10.1. The average Bonchev–Trinajstić information content (AvgIpc) is 2.60. The van der Waals surface area contributed by atoms with Gasteiger partial charge in [-0.05, 0) is 71.1 Å². The summed E-state index contributed by atoms with van der Waals surface area (Å²) in [5.41, 5.74) is -0.0399. The first-order valence-electron chi connectivity index (χ1n) is 9.89. The second-order valence-electron chi connectivity index (χ2n) is 9.23. The number of halogens is 1. The van der Waals surface area contributed by atoms with E-state index in [4.69, 9.17) is 4.74 Å². The molecular weight excluding hydrogens is 420 g/mol. The van der Waals surface area contributed by atoms with Crippen molar-refractivity contribution in [3.63, 3.8) is 0 Å². The van der Waals surface area contributed by atoms with E-state index in [1.807, 2.05) is 63.8 Å². The highest BCUT2D eigenvalue weighted by atomic mass is 79.9. The van der Waals surface area contributed by atoms with E-state index in [-0.39, 0.29) is 12.0 Å². The van der Waals surface area contributed by atoms with Crippen LogP contribution in [0.25, 0.3) is 0 Å². The van der Waals surface area contributed by atoms with E-state index in [0.29, 0.717) is 12.5 Å². The van der Waals surface area contributed by atoms with E-state index < -0.39 is 11.0 Å². The molecule has 6 heteroatoms. The third-order valence-electron chi connectivity index (χ3n) is 5.22. The van der Waals surface area contributed by atoms with Crippen molar-refractivity contribution in [3.05, 3.63) is 34.3 Å². The predicted octanol–water partition coefficient (Wildman–Crippen LogP) is 4.83. The third kappa shape index (κ3) is 5.97. The molecule has 156 valence electrons. The maximum atomic E-state index is 13.2. The number of likely N-dealkylation sites (tertiary alicyclic amines) is 1. The topological polar surface area (TPSA) is 49.9 Å². The van der Waals surface area contributed by atoms with Crippen LogP contribution in [-0.2, 0) is 14.9 Å². The van der Waals surface area contributed by atoms with E-state index in [9.17, 15) is 9.59 Å². The van der Waals surface area contributed by atoms with E-state index in [0.717, 1.165) is 36.0 Å². The summed E-state index contributed by atoms with van der Waals surface area (Å²) in [6.07, 6.45) is 1.50. The molecule has 28 heavy (non-hydrogen) atoms. The molecule has 5 nitrogen and oxygen atoms in total. The van der Waals surface area contributed by atoms with E-state index in [1.54, 1.807) is 11.9 Å². The van der Waals surface area contributed by atoms with Gasteiger partial charge in [0, 0.05) is 31.2 Å². The van der Waals surface area contributed by atoms with Crippen molar-refractivity contribution in [1.82, 2.24) is 9.80 Å². The molecule has 0 radical (unpaired) electrons. The summed E-state index contributed by atoms with van der Waals surface area (Å²) in [6.45, 7) is 11.7. The predicted molar refractivity (Wildman–Crippen MR) is 115 cm³/mol. The summed E-state index contributed by atoms with van der Waals surface area (Å²) in [6, 6.07) is 7.95. The van der Waals surface area contributed by atoms with Gasteiger partial charge in [-0.15, -0.1) is 0 Å². The summed E-state index contributed by atoms with van der Waals surface area (Å²) >= 11 is 3.49. The number of rotatable bonds is 4. The van der Waals surface area contributed by atoms with Crippen molar-refractivity contribution in [1.29, 1.82) is 0 Å². The molecule has 1 saturated heterocycles. The highest BCUT2D eigenvalue weighted by molar-refractivity contribution is 9.10.